The molecule has 1 unspecified atom stereocenters. The van der Waals surface area contributed by atoms with Crippen molar-refractivity contribution in [2.24, 2.45) is 0 Å². The fraction of sp³-hybridized carbons (Fsp3) is 0.444. The van der Waals surface area contributed by atoms with E-state index in [0.29, 0.717) is 29.6 Å². The van der Waals surface area contributed by atoms with Crippen LogP contribution in [0, 0.1) is 0 Å². The SMILES string of the molecule is CCC1(CC)CN(c2ccc(-n3ncc(Cl)c(Cl)c3=O)cc2Cl)CCS1=O. The first kappa shape index (κ1) is 20.6. The third-order valence-electron chi connectivity index (χ3n) is 5.19. The van der Waals surface area contributed by atoms with Crippen LogP contribution >= 0.6 is 34.8 Å². The zero-order valence-corrected chi connectivity index (χ0v) is 18.1. The van der Waals surface area contributed by atoms with E-state index in [1.165, 1.54) is 6.20 Å². The molecule has 1 aliphatic heterocycles. The lowest BCUT2D eigenvalue weighted by atomic mass is 10.0. The molecule has 0 bridgehead atoms. The predicted molar refractivity (Wildman–Crippen MR) is 113 cm³/mol. The van der Waals surface area contributed by atoms with Gasteiger partial charge in [-0.25, -0.2) is 0 Å². The lowest BCUT2D eigenvalue weighted by Crippen LogP contribution is -2.53. The van der Waals surface area contributed by atoms with Crippen LogP contribution in [0.25, 0.3) is 5.69 Å². The molecule has 0 N–H and O–H groups in total. The molecule has 0 radical (unpaired) electrons. The molecule has 27 heavy (non-hydrogen) atoms. The van der Waals surface area contributed by atoms with Gasteiger partial charge in [0.1, 0.15) is 5.02 Å². The van der Waals surface area contributed by atoms with E-state index in [2.05, 4.69) is 23.8 Å². The molecule has 146 valence electrons. The molecule has 2 heterocycles. The van der Waals surface area contributed by atoms with Crippen LogP contribution in [0.5, 0.6) is 0 Å². The highest BCUT2D eigenvalue weighted by Crippen LogP contribution is 2.35. The summed E-state index contributed by atoms with van der Waals surface area (Å²) in [5, 5.41) is 4.55. The highest BCUT2D eigenvalue weighted by molar-refractivity contribution is 7.86. The highest BCUT2D eigenvalue weighted by Gasteiger charge is 2.39. The average Bonchev–Trinajstić information content (AvgIpc) is 2.67. The zero-order chi connectivity index (χ0) is 19.8. The van der Waals surface area contributed by atoms with Crippen LogP contribution in [0.4, 0.5) is 5.69 Å². The van der Waals surface area contributed by atoms with Crippen LogP contribution in [0.15, 0.2) is 29.2 Å². The van der Waals surface area contributed by atoms with Gasteiger partial charge in [0.25, 0.3) is 5.56 Å². The largest absolute Gasteiger partial charge is 0.368 e. The molecule has 1 aromatic carbocycles. The second-order valence-corrected chi connectivity index (χ2v) is 9.68. The molecule has 1 saturated heterocycles. The van der Waals surface area contributed by atoms with E-state index in [-0.39, 0.29) is 14.8 Å². The molecule has 0 amide bonds. The van der Waals surface area contributed by atoms with E-state index >= 15 is 0 Å². The van der Waals surface area contributed by atoms with Crippen LogP contribution < -0.4 is 10.5 Å². The topological polar surface area (TPSA) is 55.2 Å². The quantitative estimate of drug-likeness (QED) is 0.699. The molecule has 5 nitrogen and oxygen atoms in total. The minimum absolute atomic E-state index is 0.0824. The first-order valence-electron chi connectivity index (χ1n) is 8.69. The zero-order valence-electron chi connectivity index (χ0n) is 15.0. The van der Waals surface area contributed by atoms with E-state index in [4.69, 9.17) is 34.8 Å². The molecule has 0 saturated carbocycles. The molecular weight excluding hydrogens is 429 g/mol. The Hall–Kier alpha value is -1.08. The van der Waals surface area contributed by atoms with E-state index in [1.807, 2.05) is 6.07 Å². The lowest BCUT2D eigenvalue weighted by Gasteiger charge is -2.42. The van der Waals surface area contributed by atoms with Crippen molar-refractivity contribution in [3.63, 3.8) is 0 Å². The van der Waals surface area contributed by atoms with Gasteiger partial charge in [-0.05, 0) is 31.0 Å². The molecule has 0 aliphatic carbocycles. The van der Waals surface area contributed by atoms with Gasteiger partial charge in [-0.15, -0.1) is 0 Å². The fourth-order valence-electron chi connectivity index (χ4n) is 3.39. The Balaban J connectivity index is 1.95. The summed E-state index contributed by atoms with van der Waals surface area (Å²) in [7, 11) is -0.847. The summed E-state index contributed by atoms with van der Waals surface area (Å²) in [4.78, 5) is 14.5. The van der Waals surface area contributed by atoms with Crippen LogP contribution in [0.1, 0.15) is 26.7 Å². The Morgan fingerprint density at radius 2 is 1.89 bits per heavy atom. The summed E-state index contributed by atoms with van der Waals surface area (Å²) in [6.45, 7) is 5.53. The molecule has 1 atom stereocenters. The fourth-order valence-corrected chi connectivity index (χ4v) is 5.70. The molecule has 2 aromatic rings. The first-order valence-corrected chi connectivity index (χ1v) is 11.1. The van der Waals surface area contributed by atoms with Crippen molar-refractivity contribution in [2.45, 2.75) is 31.4 Å². The summed E-state index contributed by atoms with van der Waals surface area (Å²) >= 11 is 18.3. The Morgan fingerprint density at radius 1 is 1.19 bits per heavy atom. The van der Waals surface area contributed by atoms with E-state index in [1.54, 1.807) is 12.1 Å². The van der Waals surface area contributed by atoms with Crippen LogP contribution in [0.2, 0.25) is 15.1 Å². The number of hydrogen-bond donors (Lipinski definition) is 0. The average molecular weight is 449 g/mol. The maximum atomic E-state index is 12.6. The number of hydrogen-bond acceptors (Lipinski definition) is 4. The van der Waals surface area contributed by atoms with Gasteiger partial charge in [-0.2, -0.15) is 9.78 Å². The number of aromatic nitrogens is 2. The third-order valence-corrected chi connectivity index (χ3v) is 8.47. The number of benzene rings is 1. The summed E-state index contributed by atoms with van der Waals surface area (Å²) in [5.74, 6) is 0.619. The Kier molecular flexibility index (Phi) is 6.21. The molecule has 1 aromatic heterocycles. The first-order chi connectivity index (χ1) is 12.8. The Morgan fingerprint density at radius 3 is 2.52 bits per heavy atom. The summed E-state index contributed by atoms with van der Waals surface area (Å²) < 4.78 is 13.5. The molecule has 3 rings (SSSR count). The number of halogens is 3. The van der Waals surface area contributed by atoms with E-state index < -0.39 is 16.4 Å². The van der Waals surface area contributed by atoms with Gasteiger partial charge in [0.05, 0.1) is 32.4 Å². The summed E-state index contributed by atoms with van der Waals surface area (Å²) in [6.07, 6.45) is 3.03. The summed E-state index contributed by atoms with van der Waals surface area (Å²) in [5.41, 5.74) is 0.860. The van der Waals surface area contributed by atoms with Crippen LogP contribution in [-0.4, -0.2) is 37.6 Å². The molecule has 1 aliphatic rings. The summed E-state index contributed by atoms with van der Waals surface area (Å²) in [6, 6.07) is 5.31. The molecule has 1 fully saturated rings. The second-order valence-electron chi connectivity index (χ2n) is 6.52. The van der Waals surface area contributed by atoms with Crippen molar-refractivity contribution in [3.05, 3.63) is 49.8 Å². The monoisotopic (exact) mass is 447 g/mol. The maximum Gasteiger partial charge on any atom is 0.291 e. The van der Waals surface area contributed by atoms with E-state index in [0.717, 1.165) is 23.2 Å². The third kappa shape index (κ3) is 3.77. The van der Waals surface area contributed by atoms with Gasteiger partial charge in [-0.1, -0.05) is 48.7 Å². The molecule has 0 spiro atoms. The second kappa shape index (κ2) is 8.11. The van der Waals surface area contributed by atoms with Gasteiger partial charge in [-0.3, -0.25) is 9.00 Å². The van der Waals surface area contributed by atoms with Gasteiger partial charge < -0.3 is 4.90 Å². The smallest absolute Gasteiger partial charge is 0.291 e. The van der Waals surface area contributed by atoms with Crippen molar-refractivity contribution in [1.29, 1.82) is 0 Å². The number of anilines is 1. The maximum absolute atomic E-state index is 12.6. The predicted octanol–water partition coefficient (Wildman–Crippen LogP) is 4.32. The molecule has 9 heteroatoms. The normalized spacial score (nSPS) is 19.3. The van der Waals surface area contributed by atoms with Crippen LogP contribution in [-0.2, 0) is 10.8 Å². The Bertz CT molecular complexity index is 944. The van der Waals surface area contributed by atoms with Crippen molar-refractivity contribution >= 4 is 51.3 Å². The van der Waals surface area contributed by atoms with Gasteiger partial charge in [0.2, 0.25) is 0 Å². The minimum Gasteiger partial charge on any atom is -0.368 e. The Labute approximate surface area is 175 Å². The standard InChI is InChI=1S/C18H20Cl3N3O2S/c1-3-18(4-2)11-23(7-8-27(18)26)15-6-5-12(9-13(15)19)24-17(25)16(21)14(20)10-22-24/h5-6,9-10H,3-4,7-8,11H2,1-2H3. The van der Waals surface area contributed by atoms with Crippen molar-refractivity contribution in [1.82, 2.24) is 9.78 Å². The van der Waals surface area contributed by atoms with Gasteiger partial charge in [0, 0.05) is 29.6 Å². The van der Waals surface area contributed by atoms with Crippen molar-refractivity contribution in [3.8, 4) is 5.69 Å². The highest BCUT2D eigenvalue weighted by atomic mass is 35.5. The number of nitrogens with zero attached hydrogens (tertiary/aromatic N) is 3. The van der Waals surface area contributed by atoms with Gasteiger partial charge in [0.15, 0.2) is 0 Å². The van der Waals surface area contributed by atoms with E-state index in [9.17, 15) is 9.00 Å². The molecular formula is C18H20Cl3N3O2S. The van der Waals surface area contributed by atoms with Crippen molar-refractivity contribution < 1.29 is 4.21 Å². The minimum atomic E-state index is -0.847. The van der Waals surface area contributed by atoms with Gasteiger partial charge >= 0.3 is 0 Å². The van der Waals surface area contributed by atoms with Crippen LogP contribution in [0.3, 0.4) is 0 Å². The van der Waals surface area contributed by atoms with Crippen molar-refractivity contribution in [2.75, 3.05) is 23.7 Å². The lowest BCUT2D eigenvalue weighted by molar-refractivity contribution is 0.496. The number of rotatable bonds is 4.